The molecule has 0 bridgehead atoms. The molecule has 25 heavy (non-hydrogen) atoms. The van der Waals surface area contributed by atoms with E-state index >= 15 is 0 Å². The quantitative estimate of drug-likeness (QED) is 0.842. The maximum absolute atomic E-state index is 12.6. The summed E-state index contributed by atoms with van der Waals surface area (Å²) in [6.45, 7) is 6.91. The van der Waals surface area contributed by atoms with E-state index in [1.807, 2.05) is 12.1 Å². The van der Waals surface area contributed by atoms with Crippen molar-refractivity contribution in [2.45, 2.75) is 45.8 Å². The predicted molar refractivity (Wildman–Crippen MR) is 92.3 cm³/mol. The largest absolute Gasteiger partial charge is 0.464 e. The maximum Gasteiger partial charge on any atom is 0.408 e. The Balaban J connectivity index is 2.11. The fourth-order valence-corrected chi connectivity index (χ4v) is 2.67. The Morgan fingerprint density at radius 1 is 1.24 bits per heavy atom. The number of hydrogen-bond donors (Lipinski definition) is 1. The summed E-state index contributed by atoms with van der Waals surface area (Å²) in [7, 11) is 0. The van der Waals surface area contributed by atoms with E-state index < -0.39 is 29.6 Å². The zero-order valence-corrected chi connectivity index (χ0v) is 15.0. The number of anilines is 1. The van der Waals surface area contributed by atoms with Crippen molar-refractivity contribution in [3.8, 4) is 0 Å². The average molecular weight is 348 g/mol. The molecule has 1 aromatic rings. The van der Waals surface area contributed by atoms with Crippen LogP contribution in [0, 0.1) is 0 Å². The van der Waals surface area contributed by atoms with Gasteiger partial charge in [-0.1, -0.05) is 18.2 Å². The van der Waals surface area contributed by atoms with E-state index in [0.29, 0.717) is 12.1 Å². The minimum absolute atomic E-state index is 0.240. The third-order valence-electron chi connectivity index (χ3n) is 3.59. The number of benzene rings is 1. The second kappa shape index (κ2) is 7.55. The van der Waals surface area contributed by atoms with Crippen LogP contribution in [0.3, 0.4) is 0 Å². The molecule has 0 saturated carbocycles. The van der Waals surface area contributed by atoms with Gasteiger partial charge in [0.05, 0.1) is 6.61 Å². The van der Waals surface area contributed by atoms with Crippen molar-refractivity contribution < 1.29 is 23.9 Å². The van der Waals surface area contributed by atoms with Crippen LogP contribution in [0.5, 0.6) is 0 Å². The highest BCUT2D eigenvalue weighted by Gasteiger charge is 2.39. The fourth-order valence-electron chi connectivity index (χ4n) is 2.67. The first-order chi connectivity index (χ1) is 11.7. The first kappa shape index (κ1) is 18.8. The molecule has 1 heterocycles. The lowest BCUT2D eigenvalue weighted by Gasteiger charge is -2.25. The molecule has 1 aliphatic heterocycles. The van der Waals surface area contributed by atoms with Crippen LogP contribution in [0.1, 0.15) is 33.3 Å². The number of amides is 2. The molecule has 0 aliphatic carbocycles. The van der Waals surface area contributed by atoms with Gasteiger partial charge in [-0.05, 0) is 39.3 Å². The number of carbonyl (C=O) groups is 3. The lowest BCUT2D eigenvalue weighted by molar-refractivity contribution is -0.145. The standard InChI is InChI=1S/C18H24N2O5/c1-5-24-16(22)14-10-12-8-6-7-9-13(12)20(14)15(21)11-19-17(23)25-18(2,3)4/h6-9,14H,5,10-11H2,1-4H3,(H,19,23)/t14-/m0/s1. The lowest BCUT2D eigenvalue weighted by atomic mass is 10.1. The van der Waals surface area contributed by atoms with Crippen molar-refractivity contribution in [3.05, 3.63) is 29.8 Å². The molecule has 0 unspecified atom stereocenters. The van der Waals surface area contributed by atoms with Crippen molar-refractivity contribution in [2.75, 3.05) is 18.1 Å². The molecule has 1 N–H and O–H groups in total. The van der Waals surface area contributed by atoms with Crippen LogP contribution in [-0.2, 0) is 25.5 Å². The van der Waals surface area contributed by atoms with Crippen LogP contribution in [0.25, 0.3) is 0 Å². The van der Waals surface area contributed by atoms with Gasteiger partial charge in [-0.3, -0.25) is 9.69 Å². The summed E-state index contributed by atoms with van der Waals surface area (Å²) in [6.07, 6.45) is -0.284. The number of alkyl carbamates (subject to hydrolysis) is 1. The second-order valence-corrected chi connectivity index (χ2v) is 6.72. The van der Waals surface area contributed by atoms with Crippen molar-refractivity contribution in [2.24, 2.45) is 0 Å². The van der Waals surface area contributed by atoms with Crippen LogP contribution < -0.4 is 10.2 Å². The fraction of sp³-hybridized carbons (Fsp3) is 0.500. The van der Waals surface area contributed by atoms with E-state index in [0.717, 1.165) is 5.56 Å². The molecule has 1 aliphatic rings. The van der Waals surface area contributed by atoms with Gasteiger partial charge in [0.2, 0.25) is 5.91 Å². The summed E-state index contributed by atoms with van der Waals surface area (Å²) in [4.78, 5) is 38.0. The summed E-state index contributed by atoms with van der Waals surface area (Å²) in [5, 5.41) is 2.43. The Morgan fingerprint density at radius 3 is 2.56 bits per heavy atom. The summed E-state index contributed by atoms with van der Waals surface area (Å²) < 4.78 is 10.2. The van der Waals surface area contributed by atoms with Crippen molar-refractivity contribution in [3.63, 3.8) is 0 Å². The van der Waals surface area contributed by atoms with Gasteiger partial charge in [-0.25, -0.2) is 9.59 Å². The van der Waals surface area contributed by atoms with E-state index in [-0.39, 0.29) is 13.2 Å². The van der Waals surface area contributed by atoms with Crippen molar-refractivity contribution in [1.82, 2.24) is 5.32 Å². The minimum Gasteiger partial charge on any atom is -0.464 e. The number of para-hydroxylation sites is 1. The van der Waals surface area contributed by atoms with Crippen molar-refractivity contribution >= 4 is 23.7 Å². The highest BCUT2D eigenvalue weighted by atomic mass is 16.6. The minimum atomic E-state index is -0.717. The molecule has 0 saturated heterocycles. The zero-order valence-electron chi connectivity index (χ0n) is 15.0. The molecule has 1 atom stereocenters. The van der Waals surface area contributed by atoms with Gasteiger partial charge < -0.3 is 14.8 Å². The number of carbonyl (C=O) groups excluding carboxylic acids is 3. The molecule has 7 heteroatoms. The smallest absolute Gasteiger partial charge is 0.408 e. The Labute approximate surface area is 147 Å². The summed E-state index contributed by atoms with van der Waals surface area (Å²) in [5.74, 6) is -0.849. The predicted octanol–water partition coefficient (Wildman–Crippen LogP) is 2.03. The van der Waals surface area contributed by atoms with E-state index in [4.69, 9.17) is 9.47 Å². The highest BCUT2D eigenvalue weighted by Crippen LogP contribution is 2.32. The first-order valence-corrected chi connectivity index (χ1v) is 8.26. The van der Waals surface area contributed by atoms with Gasteiger partial charge in [0.1, 0.15) is 18.2 Å². The Kier molecular flexibility index (Phi) is 5.66. The van der Waals surface area contributed by atoms with E-state index in [9.17, 15) is 14.4 Å². The normalized spacial score (nSPS) is 16.2. The Hall–Kier alpha value is -2.57. The SMILES string of the molecule is CCOC(=O)[C@@H]1Cc2ccccc2N1C(=O)CNC(=O)OC(C)(C)C. The molecule has 0 spiro atoms. The Bertz CT molecular complexity index is 666. The van der Waals surface area contributed by atoms with E-state index in [2.05, 4.69) is 5.32 Å². The summed E-state index contributed by atoms with van der Waals surface area (Å²) in [6, 6.07) is 6.59. The molecule has 2 rings (SSSR count). The van der Waals surface area contributed by atoms with Gasteiger partial charge >= 0.3 is 12.1 Å². The van der Waals surface area contributed by atoms with Crippen LogP contribution in [0.2, 0.25) is 0 Å². The third kappa shape index (κ3) is 4.71. The first-order valence-electron chi connectivity index (χ1n) is 8.26. The molecule has 7 nitrogen and oxygen atoms in total. The Morgan fingerprint density at radius 2 is 1.92 bits per heavy atom. The molecule has 136 valence electrons. The molecule has 2 amide bonds. The number of esters is 1. The van der Waals surface area contributed by atoms with E-state index in [1.54, 1.807) is 39.8 Å². The number of rotatable bonds is 4. The van der Waals surface area contributed by atoms with Crippen LogP contribution >= 0.6 is 0 Å². The number of nitrogens with zero attached hydrogens (tertiary/aromatic N) is 1. The van der Waals surface area contributed by atoms with Gasteiger partial charge in [0.25, 0.3) is 0 Å². The monoisotopic (exact) mass is 348 g/mol. The topological polar surface area (TPSA) is 84.9 Å². The zero-order chi connectivity index (χ0) is 18.6. The van der Waals surface area contributed by atoms with Gasteiger partial charge in [0, 0.05) is 12.1 Å². The third-order valence-corrected chi connectivity index (χ3v) is 3.59. The molecular formula is C18H24N2O5. The van der Waals surface area contributed by atoms with Crippen LogP contribution in [0.15, 0.2) is 24.3 Å². The molecular weight excluding hydrogens is 324 g/mol. The summed E-state index contributed by atoms with van der Waals surface area (Å²) in [5.41, 5.74) is 0.906. The highest BCUT2D eigenvalue weighted by molar-refractivity contribution is 6.03. The van der Waals surface area contributed by atoms with Crippen LogP contribution in [0.4, 0.5) is 10.5 Å². The number of ether oxygens (including phenoxy) is 2. The average Bonchev–Trinajstić information content (AvgIpc) is 2.91. The molecule has 0 fully saturated rings. The van der Waals surface area contributed by atoms with Gasteiger partial charge in [0.15, 0.2) is 0 Å². The lowest BCUT2D eigenvalue weighted by Crippen LogP contribution is -2.48. The molecule has 0 radical (unpaired) electrons. The maximum atomic E-state index is 12.6. The second-order valence-electron chi connectivity index (χ2n) is 6.72. The molecule has 1 aromatic carbocycles. The van der Waals surface area contributed by atoms with E-state index in [1.165, 1.54) is 4.90 Å². The number of fused-ring (bicyclic) bond motifs is 1. The van der Waals surface area contributed by atoms with Gasteiger partial charge in [-0.15, -0.1) is 0 Å². The van der Waals surface area contributed by atoms with Crippen LogP contribution in [-0.4, -0.2) is 42.8 Å². The number of hydrogen-bond acceptors (Lipinski definition) is 5. The number of nitrogens with one attached hydrogen (secondary N) is 1. The summed E-state index contributed by atoms with van der Waals surface area (Å²) >= 11 is 0. The molecule has 0 aromatic heterocycles. The van der Waals surface area contributed by atoms with Gasteiger partial charge in [-0.2, -0.15) is 0 Å². The van der Waals surface area contributed by atoms with Crippen molar-refractivity contribution in [1.29, 1.82) is 0 Å².